The lowest BCUT2D eigenvalue weighted by Crippen LogP contribution is -2.56. The zero-order valence-electron chi connectivity index (χ0n) is 15.8. The van der Waals surface area contributed by atoms with Gasteiger partial charge in [-0.3, -0.25) is 9.69 Å². The van der Waals surface area contributed by atoms with E-state index in [1.807, 2.05) is 0 Å². The zero-order valence-corrected chi connectivity index (χ0v) is 15.8. The standard InChI is InChI=1S/C21H34N2O2/c1-2-25-16-19-9-10-21(23(19)15-17-7-8-17)11-13-22(14-12-21)20(24)18-5-3-4-6-18/h3-4,17-19H,2,5-16H2,1H3/t19-/m0/s1. The van der Waals surface area contributed by atoms with Crippen LogP contribution in [0.4, 0.5) is 0 Å². The molecule has 0 bridgehead atoms. The van der Waals surface area contributed by atoms with Gasteiger partial charge in [0, 0.05) is 43.7 Å². The molecule has 2 aliphatic carbocycles. The number of nitrogens with zero attached hydrogens (tertiary/aromatic N) is 2. The smallest absolute Gasteiger partial charge is 0.226 e. The molecule has 2 heterocycles. The molecule has 4 nitrogen and oxygen atoms in total. The Morgan fingerprint density at radius 3 is 2.48 bits per heavy atom. The van der Waals surface area contributed by atoms with Crippen molar-refractivity contribution in [3.63, 3.8) is 0 Å². The number of allylic oxidation sites excluding steroid dienone is 2. The van der Waals surface area contributed by atoms with Gasteiger partial charge in [-0.25, -0.2) is 0 Å². The molecule has 1 saturated carbocycles. The number of likely N-dealkylation sites (tertiary alicyclic amines) is 2. The number of piperidine rings is 1. The van der Waals surface area contributed by atoms with Crippen LogP contribution in [0.15, 0.2) is 12.2 Å². The SMILES string of the molecule is CCOC[C@@H]1CCC2(CCN(C(=O)C3CC=CC3)CC2)N1CC1CC1. The molecule has 0 radical (unpaired) electrons. The van der Waals surface area contributed by atoms with Crippen LogP contribution >= 0.6 is 0 Å². The molecule has 140 valence electrons. The Bertz CT molecular complexity index is 498. The average Bonchev–Trinajstić information content (AvgIpc) is 3.17. The summed E-state index contributed by atoms with van der Waals surface area (Å²) in [6, 6.07) is 0.599. The normalized spacial score (nSPS) is 29.8. The van der Waals surface area contributed by atoms with E-state index in [4.69, 9.17) is 4.74 Å². The molecule has 0 aromatic carbocycles. The average molecular weight is 347 g/mol. The van der Waals surface area contributed by atoms with Crippen molar-refractivity contribution in [1.29, 1.82) is 0 Å². The minimum absolute atomic E-state index is 0.228. The Kier molecular flexibility index (Phi) is 5.19. The summed E-state index contributed by atoms with van der Waals surface area (Å²) >= 11 is 0. The third-order valence-electron chi connectivity index (χ3n) is 7.02. The summed E-state index contributed by atoms with van der Waals surface area (Å²) in [5, 5.41) is 0. The van der Waals surface area contributed by atoms with E-state index < -0.39 is 0 Å². The van der Waals surface area contributed by atoms with E-state index >= 15 is 0 Å². The molecule has 4 aliphatic rings. The summed E-state index contributed by atoms with van der Waals surface area (Å²) in [6.45, 7) is 6.98. The molecule has 2 aliphatic heterocycles. The number of carbonyl (C=O) groups excluding carboxylic acids is 1. The van der Waals surface area contributed by atoms with Gasteiger partial charge in [-0.15, -0.1) is 0 Å². The summed E-state index contributed by atoms with van der Waals surface area (Å²) in [6.07, 6.45) is 13.9. The monoisotopic (exact) mass is 346 g/mol. The molecule has 0 aromatic rings. The molecular formula is C21H34N2O2. The molecule has 2 saturated heterocycles. The first-order chi connectivity index (χ1) is 12.2. The van der Waals surface area contributed by atoms with Crippen LogP contribution in [0.5, 0.6) is 0 Å². The van der Waals surface area contributed by atoms with Crippen LogP contribution in [0.2, 0.25) is 0 Å². The van der Waals surface area contributed by atoms with E-state index in [1.165, 1.54) is 32.2 Å². The number of rotatable bonds is 6. The van der Waals surface area contributed by atoms with Crippen molar-refractivity contribution in [2.45, 2.75) is 69.9 Å². The van der Waals surface area contributed by atoms with E-state index in [0.29, 0.717) is 17.5 Å². The van der Waals surface area contributed by atoms with Gasteiger partial charge in [-0.05, 0) is 64.2 Å². The van der Waals surface area contributed by atoms with Crippen LogP contribution in [0.25, 0.3) is 0 Å². The minimum atomic E-state index is 0.228. The van der Waals surface area contributed by atoms with E-state index in [-0.39, 0.29) is 5.92 Å². The maximum absolute atomic E-state index is 12.7. The highest BCUT2D eigenvalue weighted by Crippen LogP contribution is 2.45. The van der Waals surface area contributed by atoms with Gasteiger partial charge in [-0.2, -0.15) is 0 Å². The lowest BCUT2D eigenvalue weighted by molar-refractivity contribution is -0.138. The van der Waals surface area contributed by atoms with Crippen LogP contribution in [0.3, 0.4) is 0 Å². The topological polar surface area (TPSA) is 32.8 Å². The number of amides is 1. The van der Waals surface area contributed by atoms with Gasteiger partial charge < -0.3 is 9.64 Å². The van der Waals surface area contributed by atoms with Crippen molar-refractivity contribution in [2.75, 3.05) is 32.8 Å². The number of ether oxygens (including phenoxy) is 1. The predicted octanol–water partition coefficient (Wildman–Crippen LogP) is 3.22. The molecule has 0 N–H and O–H groups in total. The Hall–Kier alpha value is -0.870. The maximum atomic E-state index is 12.7. The molecule has 1 amide bonds. The van der Waals surface area contributed by atoms with Crippen LogP contribution in [0, 0.1) is 11.8 Å². The third-order valence-corrected chi connectivity index (χ3v) is 7.02. The Morgan fingerprint density at radius 1 is 1.12 bits per heavy atom. The quantitative estimate of drug-likeness (QED) is 0.692. The number of hydrogen-bond acceptors (Lipinski definition) is 3. The highest BCUT2D eigenvalue weighted by molar-refractivity contribution is 5.79. The van der Waals surface area contributed by atoms with Gasteiger partial charge in [0.2, 0.25) is 5.91 Å². The van der Waals surface area contributed by atoms with Crippen molar-refractivity contribution in [3.05, 3.63) is 12.2 Å². The van der Waals surface area contributed by atoms with Crippen molar-refractivity contribution < 1.29 is 9.53 Å². The highest BCUT2D eigenvalue weighted by Gasteiger charge is 2.49. The second-order valence-electron chi connectivity index (χ2n) is 8.64. The van der Waals surface area contributed by atoms with Gasteiger partial charge in [-0.1, -0.05) is 12.2 Å². The first-order valence-corrected chi connectivity index (χ1v) is 10.5. The molecule has 3 fully saturated rings. The second-order valence-corrected chi connectivity index (χ2v) is 8.64. The van der Waals surface area contributed by atoms with E-state index in [9.17, 15) is 4.79 Å². The lowest BCUT2D eigenvalue weighted by atomic mass is 9.84. The van der Waals surface area contributed by atoms with Crippen molar-refractivity contribution in [1.82, 2.24) is 9.80 Å². The lowest BCUT2D eigenvalue weighted by Gasteiger charge is -2.47. The number of hydrogen-bond donors (Lipinski definition) is 0. The molecule has 0 aromatic heterocycles. The largest absolute Gasteiger partial charge is 0.380 e. The molecule has 1 spiro atoms. The van der Waals surface area contributed by atoms with Crippen molar-refractivity contribution in [3.8, 4) is 0 Å². The summed E-state index contributed by atoms with van der Waals surface area (Å²) in [5.74, 6) is 1.55. The molecule has 0 unspecified atom stereocenters. The van der Waals surface area contributed by atoms with Crippen LogP contribution < -0.4 is 0 Å². The van der Waals surface area contributed by atoms with Gasteiger partial charge in [0.1, 0.15) is 0 Å². The van der Waals surface area contributed by atoms with Gasteiger partial charge >= 0.3 is 0 Å². The van der Waals surface area contributed by atoms with Gasteiger partial charge in [0.15, 0.2) is 0 Å². The minimum Gasteiger partial charge on any atom is -0.380 e. The Labute approximate surface area is 152 Å². The molecule has 4 heteroatoms. The van der Waals surface area contributed by atoms with Crippen LogP contribution in [-0.4, -0.2) is 60.1 Å². The number of carbonyl (C=O) groups is 1. The van der Waals surface area contributed by atoms with Crippen molar-refractivity contribution >= 4 is 5.91 Å². The van der Waals surface area contributed by atoms with Crippen molar-refractivity contribution in [2.24, 2.45) is 11.8 Å². The first kappa shape index (κ1) is 17.5. The fourth-order valence-corrected chi connectivity index (χ4v) is 5.23. The summed E-state index contributed by atoms with van der Waals surface area (Å²) < 4.78 is 5.80. The zero-order chi connectivity index (χ0) is 17.3. The van der Waals surface area contributed by atoms with E-state index in [1.54, 1.807) is 0 Å². The van der Waals surface area contributed by atoms with E-state index in [0.717, 1.165) is 57.9 Å². The first-order valence-electron chi connectivity index (χ1n) is 10.5. The van der Waals surface area contributed by atoms with Gasteiger partial charge in [0.05, 0.1) is 6.61 Å². The summed E-state index contributed by atoms with van der Waals surface area (Å²) in [4.78, 5) is 17.7. The molecule has 4 rings (SSSR count). The molecule has 1 atom stereocenters. The second kappa shape index (κ2) is 7.40. The third kappa shape index (κ3) is 3.66. The Balaban J connectivity index is 1.38. The molecular weight excluding hydrogens is 312 g/mol. The predicted molar refractivity (Wildman–Crippen MR) is 99.4 cm³/mol. The summed E-state index contributed by atoms with van der Waals surface area (Å²) in [5.41, 5.74) is 0.342. The van der Waals surface area contributed by atoms with Crippen LogP contribution in [0.1, 0.15) is 58.3 Å². The van der Waals surface area contributed by atoms with Gasteiger partial charge in [0.25, 0.3) is 0 Å². The highest BCUT2D eigenvalue weighted by atomic mass is 16.5. The molecule has 25 heavy (non-hydrogen) atoms. The fourth-order valence-electron chi connectivity index (χ4n) is 5.23. The maximum Gasteiger partial charge on any atom is 0.226 e. The van der Waals surface area contributed by atoms with Crippen LogP contribution in [-0.2, 0) is 9.53 Å². The Morgan fingerprint density at radius 2 is 1.84 bits per heavy atom. The fraction of sp³-hybridized carbons (Fsp3) is 0.857. The van der Waals surface area contributed by atoms with E-state index in [2.05, 4.69) is 28.9 Å². The summed E-state index contributed by atoms with van der Waals surface area (Å²) in [7, 11) is 0.